The van der Waals surface area contributed by atoms with Gasteiger partial charge in [0, 0.05) is 7.11 Å². The molecule has 1 aromatic rings. The average molecular weight is 422 g/mol. The first-order valence-electron chi connectivity index (χ1n) is 9.63. The van der Waals surface area contributed by atoms with Crippen molar-refractivity contribution in [3.63, 3.8) is 0 Å². The molecule has 2 rings (SSSR count). The third-order valence-corrected chi connectivity index (χ3v) is 4.50. The average Bonchev–Trinajstić information content (AvgIpc) is 2.84. The molecule has 9 nitrogen and oxygen atoms in total. The topological polar surface area (TPSA) is 137 Å². The lowest BCUT2D eigenvalue weighted by atomic mass is 9.94. The highest BCUT2D eigenvalue weighted by molar-refractivity contribution is 5.99. The van der Waals surface area contributed by atoms with Gasteiger partial charge < -0.3 is 35.4 Å². The summed E-state index contributed by atoms with van der Waals surface area (Å²) >= 11 is 0. The number of rotatable bonds is 7. The van der Waals surface area contributed by atoms with E-state index in [1.165, 1.54) is 13.2 Å². The zero-order valence-corrected chi connectivity index (χ0v) is 17.5. The van der Waals surface area contributed by atoms with Crippen LogP contribution in [0.3, 0.4) is 0 Å². The molecule has 0 saturated carbocycles. The molecular formula is C21H30N2O7. The Morgan fingerprint density at radius 1 is 1.27 bits per heavy atom. The number of anilines is 1. The van der Waals surface area contributed by atoms with E-state index in [1.807, 2.05) is 20.8 Å². The van der Waals surface area contributed by atoms with Gasteiger partial charge in [0.2, 0.25) is 0 Å². The second-order valence-electron chi connectivity index (χ2n) is 8.21. The number of aliphatic hydroxyl groups excluding tert-OH is 3. The maximum atomic E-state index is 12.6. The highest BCUT2D eigenvalue weighted by Crippen LogP contribution is 2.26. The molecule has 30 heavy (non-hydrogen) atoms. The number of hydrogen-bond donors (Lipinski definition) is 5. The molecule has 5 N–H and O–H groups in total. The van der Waals surface area contributed by atoms with Gasteiger partial charge in [-0.3, -0.25) is 9.59 Å². The lowest BCUT2D eigenvalue weighted by molar-refractivity contribution is -0.150. The Kier molecular flexibility index (Phi) is 7.96. The highest BCUT2D eigenvalue weighted by Gasteiger charge is 2.37. The van der Waals surface area contributed by atoms with Crippen LogP contribution >= 0.6 is 0 Å². The van der Waals surface area contributed by atoms with E-state index in [0.29, 0.717) is 11.4 Å². The van der Waals surface area contributed by atoms with Crippen LogP contribution in [0.2, 0.25) is 0 Å². The van der Waals surface area contributed by atoms with Crippen molar-refractivity contribution in [3.8, 4) is 5.75 Å². The van der Waals surface area contributed by atoms with E-state index in [-0.39, 0.29) is 12.0 Å². The van der Waals surface area contributed by atoms with Gasteiger partial charge in [0.05, 0.1) is 5.69 Å². The number of carbonyl (C=O) groups is 2. The van der Waals surface area contributed by atoms with Crippen LogP contribution in [0.4, 0.5) is 5.69 Å². The van der Waals surface area contributed by atoms with Crippen LogP contribution in [0.25, 0.3) is 0 Å². The van der Waals surface area contributed by atoms with Gasteiger partial charge in [0.25, 0.3) is 11.8 Å². The van der Waals surface area contributed by atoms with Crippen molar-refractivity contribution in [3.05, 3.63) is 36.4 Å². The van der Waals surface area contributed by atoms with E-state index < -0.39 is 42.3 Å². The number of nitrogens with one attached hydrogen (secondary N) is 2. The van der Waals surface area contributed by atoms with Crippen LogP contribution in [-0.4, -0.2) is 71.3 Å². The summed E-state index contributed by atoms with van der Waals surface area (Å²) in [6, 6.07) is 5.80. The molecule has 0 fully saturated rings. The van der Waals surface area contributed by atoms with Crippen molar-refractivity contribution in [2.45, 2.75) is 51.2 Å². The van der Waals surface area contributed by atoms with Crippen LogP contribution in [-0.2, 0) is 14.3 Å². The lowest BCUT2D eigenvalue weighted by Gasteiger charge is -2.28. The number of amides is 2. The van der Waals surface area contributed by atoms with Crippen LogP contribution in [0.5, 0.6) is 5.75 Å². The molecule has 1 heterocycles. The minimum atomic E-state index is -1.73. The molecule has 0 saturated heterocycles. The molecule has 1 unspecified atom stereocenters. The molecule has 1 aliphatic rings. The molecule has 2 amide bonds. The van der Waals surface area contributed by atoms with Crippen molar-refractivity contribution in [1.82, 2.24) is 5.32 Å². The van der Waals surface area contributed by atoms with Gasteiger partial charge in [-0.2, -0.15) is 0 Å². The molecule has 0 aromatic heterocycles. The van der Waals surface area contributed by atoms with Crippen LogP contribution < -0.4 is 15.4 Å². The first-order chi connectivity index (χ1) is 14.0. The van der Waals surface area contributed by atoms with Gasteiger partial charge in [-0.1, -0.05) is 45.1 Å². The zero-order chi connectivity index (χ0) is 22.5. The van der Waals surface area contributed by atoms with Crippen molar-refractivity contribution in [2.75, 3.05) is 19.0 Å². The molecular weight excluding hydrogens is 392 g/mol. The Morgan fingerprint density at radius 2 is 1.93 bits per heavy atom. The second-order valence-corrected chi connectivity index (χ2v) is 8.21. The largest absolute Gasteiger partial charge is 0.489 e. The summed E-state index contributed by atoms with van der Waals surface area (Å²) in [5.41, 5.74) is 0.237. The first kappa shape index (κ1) is 23.8. The third-order valence-electron chi connectivity index (χ3n) is 4.50. The maximum absolute atomic E-state index is 12.6. The Balaban J connectivity index is 2.03. The fourth-order valence-electron chi connectivity index (χ4n) is 2.81. The summed E-state index contributed by atoms with van der Waals surface area (Å²) in [6.07, 6.45) is -3.31. The predicted molar refractivity (Wildman–Crippen MR) is 110 cm³/mol. The van der Waals surface area contributed by atoms with Crippen molar-refractivity contribution in [1.29, 1.82) is 0 Å². The van der Waals surface area contributed by atoms with Gasteiger partial charge in [-0.15, -0.1) is 0 Å². The predicted octanol–water partition coefficient (Wildman–Crippen LogP) is 0.202. The summed E-state index contributed by atoms with van der Waals surface area (Å²) in [5, 5.41) is 35.8. The van der Waals surface area contributed by atoms with Crippen molar-refractivity contribution < 1.29 is 34.4 Å². The van der Waals surface area contributed by atoms with E-state index in [1.54, 1.807) is 30.3 Å². The maximum Gasteiger partial charge on any atom is 0.252 e. The minimum Gasteiger partial charge on any atom is -0.489 e. The van der Waals surface area contributed by atoms with E-state index in [2.05, 4.69) is 10.6 Å². The normalized spacial score (nSPS) is 20.9. The summed E-state index contributed by atoms with van der Waals surface area (Å²) in [6.45, 7) is 5.59. The van der Waals surface area contributed by atoms with E-state index in [9.17, 15) is 24.9 Å². The van der Waals surface area contributed by atoms with Crippen molar-refractivity contribution >= 4 is 17.5 Å². The fourth-order valence-corrected chi connectivity index (χ4v) is 2.81. The summed E-state index contributed by atoms with van der Waals surface area (Å²) < 4.78 is 10.6. The number of para-hydroxylation sites is 2. The number of allylic oxidation sites excluding steroid dienone is 1. The number of ether oxygens (including phenoxy) is 2. The fraction of sp³-hybridized carbons (Fsp3) is 0.524. The van der Waals surface area contributed by atoms with Crippen LogP contribution in [0.1, 0.15) is 20.8 Å². The lowest BCUT2D eigenvalue weighted by Crippen LogP contribution is -2.56. The number of carbonyl (C=O) groups excluding carboxylic acids is 2. The van der Waals surface area contributed by atoms with Gasteiger partial charge in [-0.05, 0) is 17.5 Å². The van der Waals surface area contributed by atoms with E-state index >= 15 is 0 Å². The minimum absolute atomic E-state index is 0.124. The van der Waals surface area contributed by atoms with Crippen molar-refractivity contribution in [2.24, 2.45) is 5.41 Å². The quantitative estimate of drug-likeness (QED) is 0.396. The summed E-state index contributed by atoms with van der Waals surface area (Å²) in [5.74, 6) is -0.854. The van der Waals surface area contributed by atoms with Gasteiger partial charge >= 0.3 is 0 Å². The molecule has 1 aliphatic heterocycles. The van der Waals surface area contributed by atoms with Crippen LogP contribution in [0, 0.1) is 5.41 Å². The zero-order valence-electron chi connectivity index (χ0n) is 17.5. The molecule has 0 aliphatic carbocycles. The van der Waals surface area contributed by atoms with E-state index in [4.69, 9.17) is 9.47 Å². The monoisotopic (exact) mass is 422 g/mol. The highest BCUT2D eigenvalue weighted by atomic mass is 16.5. The number of methoxy groups -OCH3 is 1. The molecule has 0 radical (unpaired) electrons. The second kappa shape index (κ2) is 10.0. The molecule has 5 atom stereocenters. The summed E-state index contributed by atoms with van der Waals surface area (Å²) in [7, 11) is 1.18. The van der Waals surface area contributed by atoms with Crippen LogP contribution in [0.15, 0.2) is 36.4 Å². The Morgan fingerprint density at radius 3 is 2.57 bits per heavy atom. The number of aliphatic hydroxyl groups is 3. The summed E-state index contributed by atoms with van der Waals surface area (Å²) in [4.78, 5) is 25.0. The standard InChI is InChI=1S/C21H30N2O7/c1-21(2,3)10-9-14(24)16(25)17(26)18(29-4)20(28)23-13-11-30-15-8-6-5-7-12(15)22-19(13)27/h5-10,13-14,16-18,24-26H,11H2,1-4H3,(H,22,27)(H,23,28)/b10-9+/t13?,14-,16+,17-,18-/m1/s1. The number of fused-ring (bicyclic) bond motifs is 1. The number of hydrogen-bond acceptors (Lipinski definition) is 7. The molecule has 1 aromatic carbocycles. The number of benzene rings is 1. The Bertz CT molecular complexity index is 775. The molecule has 9 heteroatoms. The smallest absolute Gasteiger partial charge is 0.252 e. The molecule has 0 bridgehead atoms. The van der Waals surface area contributed by atoms with Gasteiger partial charge in [0.15, 0.2) is 6.10 Å². The Labute approximate surface area is 175 Å². The Hall–Kier alpha value is -2.46. The van der Waals surface area contributed by atoms with Gasteiger partial charge in [-0.25, -0.2) is 0 Å². The van der Waals surface area contributed by atoms with Gasteiger partial charge in [0.1, 0.15) is 36.7 Å². The SMILES string of the molecule is CO[C@@H](C(=O)NC1COc2ccccc2NC1=O)[C@H](O)[C@@H](O)[C@H](O)/C=C/C(C)(C)C. The third kappa shape index (κ3) is 6.27. The first-order valence-corrected chi connectivity index (χ1v) is 9.63. The molecule has 0 spiro atoms. The van der Waals surface area contributed by atoms with E-state index in [0.717, 1.165) is 0 Å². The molecule has 166 valence electrons.